The molecule has 4 rings (SSSR count). The topological polar surface area (TPSA) is 50.3 Å². The third-order valence-corrected chi connectivity index (χ3v) is 6.69. The summed E-state index contributed by atoms with van der Waals surface area (Å²) in [5.41, 5.74) is 4.69. The molecule has 1 aliphatic rings. The lowest BCUT2D eigenvalue weighted by Crippen LogP contribution is -2.30. The molecule has 128 valence electrons. The molecule has 2 heterocycles. The average Bonchev–Trinajstić information content (AvgIpc) is 2.98. The Bertz CT molecular complexity index is 1100. The standard InChI is InChI=1S/C20H20N2O2S/c1-13-5-7-18-17(10-13)12-16-8-9-22(20(16)21-18)25(23,24)19-11-14(2)4-6-15(19)3/h4-7,10-12H,8-9H2,1-3H3. The first kappa shape index (κ1) is 16.1. The van der Waals surface area contributed by atoms with Crippen molar-refractivity contribution in [1.82, 2.24) is 4.98 Å². The summed E-state index contributed by atoms with van der Waals surface area (Å²) in [6.07, 6.45) is 0.691. The van der Waals surface area contributed by atoms with Gasteiger partial charge in [0.2, 0.25) is 0 Å². The van der Waals surface area contributed by atoms with Crippen molar-refractivity contribution in [2.45, 2.75) is 32.1 Å². The number of aryl methyl sites for hydroxylation is 3. The number of benzene rings is 2. The Balaban J connectivity index is 1.87. The third-order valence-electron chi connectivity index (χ3n) is 4.76. The fraction of sp³-hybridized carbons (Fsp3) is 0.250. The van der Waals surface area contributed by atoms with Gasteiger partial charge in [0.05, 0.1) is 10.4 Å². The molecule has 0 N–H and O–H groups in total. The van der Waals surface area contributed by atoms with E-state index in [9.17, 15) is 8.42 Å². The van der Waals surface area contributed by atoms with Crippen LogP contribution in [0.3, 0.4) is 0 Å². The van der Waals surface area contributed by atoms with Gasteiger partial charge in [-0.15, -0.1) is 0 Å². The highest BCUT2D eigenvalue weighted by Gasteiger charge is 2.33. The van der Waals surface area contributed by atoms with E-state index < -0.39 is 10.0 Å². The number of anilines is 1. The molecule has 1 aromatic heterocycles. The van der Waals surface area contributed by atoms with Crippen molar-refractivity contribution in [3.8, 4) is 0 Å². The maximum atomic E-state index is 13.2. The largest absolute Gasteiger partial charge is 0.265 e. The highest BCUT2D eigenvalue weighted by atomic mass is 32.2. The summed E-state index contributed by atoms with van der Waals surface area (Å²) in [6, 6.07) is 13.6. The summed E-state index contributed by atoms with van der Waals surface area (Å²) in [4.78, 5) is 5.04. The minimum Gasteiger partial charge on any atom is -0.249 e. The molecule has 3 aromatic rings. The quantitative estimate of drug-likeness (QED) is 0.702. The maximum absolute atomic E-state index is 13.2. The number of sulfonamides is 1. The third kappa shape index (κ3) is 2.59. The lowest BCUT2D eigenvalue weighted by molar-refractivity contribution is 0.591. The minimum absolute atomic E-state index is 0.367. The molecule has 0 saturated heterocycles. The van der Waals surface area contributed by atoms with E-state index in [1.54, 1.807) is 6.07 Å². The van der Waals surface area contributed by atoms with E-state index in [1.807, 2.05) is 45.0 Å². The molecule has 0 atom stereocenters. The molecule has 0 unspecified atom stereocenters. The van der Waals surface area contributed by atoms with Gasteiger partial charge in [-0.2, -0.15) is 0 Å². The van der Waals surface area contributed by atoms with Crippen molar-refractivity contribution in [2.24, 2.45) is 0 Å². The molecule has 2 aromatic carbocycles. The van der Waals surface area contributed by atoms with Crippen molar-refractivity contribution < 1.29 is 8.42 Å². The maximum Gasteiger partial charge on any atom is 0.265 e. The molecule has 1 aliphatic heterocycles. The van der Waals surface area contributed by atoms with Gasteiger partial charge >= 0.3 is 0 Å². The fourth-order valence-electron chi connectivity index (χ4n) is 3.40. The first-order valence-electron chi connectivity index (χ1n) is 8.36. The zero-order valence-electron chi connectivity index (χ0n) is 14.6. The fourth-order valence-corrected chi connectivity index (χ4v) is 5.16. The molecule has 0 amide bonds. The van der Waals surface area contributed by atoms with Crippen molar-refractivity contribution in [2.75, 3.05) is 10.8 Å². The molecule has 0 saturated carbocycles. The van der Waals surface area contributed by atoms with Crippen LogP contribution in [0, 0.1) is 20.8 Å². The number of rotatable bonds is 2. The zero-order chi connectivity index (χ0) is 17.8. The van der Waals surface area contributed by atoms with Gasteiger partial charge in [-0.05, 0) is 68.1 Å². The first-order chi connectivity index (χ1) is 11.9. The van der Waals surface area contributed by atoms with Gasteiger partial charge in [-0.3, -0.25) is 0 Å². The lowest BCUT2D eigenvalue weighted by Gasteiger charge is -2.20. The van der Waals surface area contributed by atoms with Crippen LogP contribution in [0.4, 0.5) is 5.82 Å². The molecule has 0 aliphatic carbocycles. The first-order valence-corrected chi connectivity index (χ1v) is 9.80. The SMILES string of the molecule is Cc1ccc(C)c(S(=O)(=O)N2CCc3cc4cc(C)ccc4nc32)c1. The Morgan fingerprint density at radius 3 is 2.48 bits per heavy atom. The number of fused-ring (bicyclic) bond motifs is 2. The van der Waals surface area contributed by atoms with Gasteiger partial charge in [-0.1, -0.05) is 23.8 Å². The number of hydrogen-bond acceptors (Lipinski definition) is 3. The Morgan fingerprint density at radius 2 is 1.68 bits per heavy atom. The molecule has 0 bridgehead atoms. The number of hydrogen-bond donors (Lipinski definition) is 0. The normalized spacial score (nSPS) is 14.1. The van der Waals surface area contributed by atoms with E-state index >= 15 is 0 Å². The number of pyridine rings is 1. The van der Waals surface area contributed by atoms with Crippen LogP contribution < -0.4 is 4.31 Å². The van der Waals surface area contributed by atoms with E-state index in [4.69, 9.17) is 0 Å². The molecule has 4 nitrogen and oxygen atoms in total. The van der Waals surface area contributed by atoms with Gasteiger partial charge in [0, 0.05) is 11.9 Å². The van der Waals surface area contributed by atoms with Crippen LogP contribution in [0.1, 0.15) is 22.3 Å². The van der Waals surface area contributed by atoms with E-state index in [0.717, 1.165) is 27.6 Å². The second-order valence-corrected chi connectivity index (χ2v) is 8.59. The van der Waals surface area contributed by atoms with Crippen molar-refractivity contribution in [1.29, 1.82) is 0 Å². The smallest absolute Gasteiger partial charge is 0.249 e. The predicted octanol–water partition coefficient (Wildman–Crippen LogP) is 3.91. The number of aromatic nitrogens is 1. The summed E-state index contributed by atoms with van der Waals surface area (Å²) in [7, 11) is -3.61. The Labute approximate surface area is 148 Å². The monoisotopic (exact) mass is 352 g/mol. The summed E-state index contributed by atoms with van der Waals surface area (Å²) >= 11 is 0. The molecular weight excluding hydrogens is 332 g/mol. The van der Waals surface area contributed by atoms with Gasteiger partial charge in [0.1, 0.15) is 5.82 Å². The molecule has 5 heteroatoms. The summed E-state index contributed by atoms with van der Waals surface area (Å²) < 4.78 is 28.0. The minimum atomic E-state index is -3.61. The Hall–Kier alpha value is -2.40. The van der Waals surface area contributed by atoms with Crippen LogP contribution in [0.15, 0.2) is 47.4 Å². The van der Waals surface area contributed by atoms with Crippen molar-refractivity contribution in [3.05, 3.63) is 64.7 Å². The second kappa shape index (κ2) is 5.56. The van der Waals surface area contributed by atoms with E-state index in [2.05, 4.69) is 17.1 Å². The Kier molecular flexibility index (Phi) is 3.58. The summed E-state index contributed by atoms with van der Waals surface area (Å²) in [5, 5.41) is 1.06. The predicted molar refractivity (Wildman–Crippen MR) is 101 cm³/mol. The van der Waals surface area contributed by atoms with Crippen molar-refractivity contribution >= 4 is 26.7 Å². The molecule has 0 radical (unpaired) electrons. The number of nitrogens with zero attached hydrogens (tertiary/aromatic N) is 2. The molecule has 0 fully saturated rings. The second-order valence-electron chi connectivity index (χ2n) is 6.76. The van der Waals surface area contributed by atoms with Crippen LogP contribution in [-0.2, 0) is 16.4 Å². The van der Waals surface area contributed by atoms with Crippen molar-refractivity contribution in [3.63, 3.8) is 0 Å². The van der Waals surface area contributed by atoms with E-state index in [1.165, 1.54) is 9.87 Å². The highest BCUT2D eigenvalue weighted by molar-refractivity contribution is 7.92. The van der Waals surface area contributed by atoms with Gasteiger partial charge < -0.3 is 0 Å². The van der Waals surface area contributed by atoms with Gasteiger partial charge in [-0.25, -0.2) is 17.7 Å². The van der Waals surface area contributed by atoms with Gasteiger partial charge in [0.15, 0.2) is 0 Å². The van der Waals surface area contributed by atoms with E-state index in [-0.39, 0.29) is 0 Å². The van der Waals surface area contributed by atoms with Crippen LogP contribution >= 0.6 is 0 Å². The molecule has 0 spiro atoms. The summed E-state index contributed by atoms with van der Waals surface area (Å²) in [6.45, 7) is 6.22. The summed E-state index contributed by atoms with van der Waals surface area (Å²) in [5.74, 6) is 0.567. The van der Waals surface area contributed by atoms with Crippen LogP contribution in [0.25, 0.3) is 10.9 Å². The average molecular weight is 352 g/mol. The van der Waals surface area contributed by atoms with Crippen LogP contribution in [0.5, 0.6) is 0 Å². The van der Waals surface area contributed by atoms with E-state index in [0.29, 0.717) is 23.7 Å². The highest BCUT2D eigenvalue weighted by Crippen LogP contribution is 2.34. The Morgan fingerprint density at radius 1 is 0.960 bits per heavy atom. The van der Waals surface area contributed by atoms with Crippen LogP contribution in [0.2, 0.25) is 0 Å². The van der Waals surface area contributed by atoms with Crippen LogP contribution in [-0.4, -0.2) is 19.9 Å². The molecular formula is C20H20N2O2S. The van der Waals surface area contributed by atoms with Gasteiger partial charge in [0.25, 0.3) is 10.0 Å². The zero-order valence-corrected chi connectivity index (χ0v) is 15.4. The lowest BCUT2D eigenvalue weighted by atomic mass is 10.1. The molecule has 25 heavy (non-hydrogen) atoms.